The van der Waals surface area contributed by atoms with E-state index >= 15 is 0 Å². The molecule has 1 heterocycles. The molecule has 0 atom stereocenters. The molecule has 31 heavy (non-hydrogen) atoms. The lowest BCUT2D eigenvalue weighted by Crippen LogP contribution is -2.41. The van der Waals surface area contributed by atoms with Crippen molar-refractivity contribution in [2.75, 3.05) is 5.75 Å². The fourth-order valence-electron chi connectivity index (χ4n) is 2.98. The molecule has 8 heteroatoms. The van der Waals surface area contributed by atoms with E-state index in [4.69, 9.17) is 0 Å². The maximum atomic E-state index is 12.5. The van der Waals surface area contributed by atoms with Crippen LogP contribution in [0, 0.1) is 6.92 Å². The van der Waals surface area contributed by atoms with Crippen molar-refractivity contribution in [3.63, 3.8) is 0 Å². The minimum Gasteiger partial charge on any atom is -0.351 e. The van der Waals surface area contributed by atoms with Gasteiger partial charge in [0.05, 0.1) is 12.3 Å². The van der Waals surface area contributed by atoms with E-state index in [-0.39, 0.29) is 29.7 Å². The van der Waals surface area contributed by atoms with Crippen LogP contribution in [-0.4, -0.2) is 37.9 Å². The highest BCUT2D eigenvalue weighted by Gasteiger charge is 2.19. The molecule has 162 valence electrons. The van der Waals surface area contributed by atoms with Gasteiger partial charge in [-0.05, 0) is 52.0 Å². The average molecular weight is 438 g/mol. The SMILES string of the molecule is Cc1cccc(C(=O)NCc2nnc(SCC(=O)NC(C)(C)C)n2-c2ccccc2)c1. The summed E-state index contributed by atoms with van der Waals surface area (Å²) in [6.07, 6.45) is 0. The van der Waals surface area contributed by atoms with Crippen LogP contribution in [0.1, 0.15) is 42.5 Å². The first-order valence-electron chi connectivity index (χ1n) is 10.0. The zero-order valence-electron chi connectivity index (χ0n) is 18.2. The number of carbonyl (C=O) groups excluding carboxylic acids is 2. The number of aromatic nitrogens is 3. The summed E-state index contributed by atoms with van der Waals surface area (Å²) in [6.45, 7) is 7.98. The number of carbonyl (C=O) groups is 2. The first kappa shape index (κ1) is 22.6. The molecule has 0 spiro atoms. The van der Waals surface area contributed by atoms with Crippen molar-refractivity contribution in [1.29, 1.82) is 0 Å². The summed E-state index contributed by atoms with van der Waals surface area (Å²) in [4.78, 5) is 24.8. The molecule has 1 aromatic heterocycles. The summed E-state index contributed by atoms with van der Waals surface area (Å²) in [5.41, 5.74) is 2.19. The van der Waals surface area contributed by atoms with Crippen LogP contribution >= 0.6 is 11.8 Å². The van der Waals surface area contributed by atoms with Crippen LogP contribution in [0.4, 0.5) is 0 Å². The topological polar surface area (TPSA) is 88.9 Å². The lowest BCUT2D eigenvalue weighted by Gasteiger charge is -2.20. The van der Waals surface area contributed by atoms with Crippen molar-refractivity contribution >= 4 is 23.6 Å². The smallest absolute Gasteiger partial charge is 0.251 e. The van der Waals surface area contributed by atoms with Gasteiger partial charge in [-0.2, -0.15) is 0 Å². The first-order valence-corrected chi connectivity index (χ1v) is 11.0. The van der Waals surface area contributed by atoms with E-state index < -0.39 is 0 Å². The van der Waals surface area contributed by atoms with Crippen LogP contribution in [0.25, 0.3) is 5.69 Å². The lowest BCUT2D eigenvalue weighted by atomic mass is 10.1. The van der Waals surface area contributed by atoms with Gasteiger partial charge in [-0.1, -0.05) is 47.7 Å². The third-order valence-electron chi connectivity index (χ3n) is 4.25. The Balaban J connectivity index is 1.77. The van der Waals surface area contributed by atoms with E-state index in [1.54, 1.807) is 6.07 Å². The molecule has 7 nitrogen and oxygen atoms in total. The summed E-state index contributed by atoms with van der Waals surface area (Å²) in [5, 5.41) is 15.0. The number of amides is 2. The van der Waals surface area contributed by atoms with Crippen molar-refractivity contribution in [3.8, 4) is 5.69 Å². The molecule has 2 aromatic carbocycles. The Kier molecular flexibility index (Phi) is 7.12. The molecule has 0 bridgehead atoms. The van der Waals surface area contributed by atoms with E-state index in [1.807, 2.05) is 80.8 Å². The number of rotatable bonds is 7. The Labute approximate surface area is 186 Å². The van der Waals surface area contributed by atoms with Crippen LogP contribution in [0.5, 0.6) is 0 Å². The van der Waals surface area contributed by atoms with Gasteiger partial charge in [-0.3, -0.25) is 14.2 Å². The molecule has 2 amide bonds. The van der Waals surface area contributed by atoms with E-state index in [0.29, 0.717) is 16.5 Å². The van der Waals surface area contributed by atoms with E-state index in [1.165, 1.54) is 11.8 Å². The Morgan fingerprint density at radius 1 is 1.03 bits per heavy atom. The van der Waals surface area contributed by atoms with Gasteiger partial charge in [-0.15, -0.1) is 10.2 Å². The lowest BCUT2D eigenvalue weighted by molar-refractivity contribution is -0.119. The minimum absolute atomic E-state index is 0.0746. The molecule has 0 aliphatic heterocycles. The summed E-state index contributed by atoms with van der Waals surface area (Å²) in [5.74, 6) is 0.558. The van der Waals surface area contributed by atoms with Gasteiger partial charge >= 0.3 is 0 Å². The fraction of sp³-hybridized carbons (Fsp3) is 0.304. The molecule has 0 saturated carbocycles. The Morgan fingerprint density at radius 2 is 1.77 bits per heavy atom. The molecule has 0 aliphatic rings. The number of nitrogens with one attached hydrogen (secondary N) is 2. The number of aryl methyl sites for hydroxylation is 1. The molecular weight excluding hydrogens is 410 g/mol. The monoisotopic (exact) mass is 437 g/mol. The van der Waals surface area contributed by atoms with Gasteiger partial charge < -0.3 is 10.6 Å². The van der Waals surface area contributed by atoms with Crippen LogP contribution in [0.3, 0.4) is 0 Å². The second-order valence-electron chi connectivity index (χ2n) is 8.21. The Morgan fingerprint density at radius 3 is 2.45 bits per heavy atom. The highest BCUT2D eigenvalue weighted by Crippen LogP contribution is 2.22. The molecule has 0 unspecified atom stereocenters. The fourth-order valence-corrected chi connectivity index (χ4v) is 3.75. The quantitative estimate of drug-likeness (QED) is 0.552. The minimum atomic E-state index is -0.296. The highest BCUT2D eigenvalue weighted by molar-refractivity contribution is 7.99. The van der Waals surface area contributed by atoms with Crippen LogP contribution in [0.15, 0.2) is 59.8 Å². The van der Waals surface area contributed by atoms with Crippen molar-refractivity contribution in [3.05, 3.63) is 71.5 Å². The Hall–Kier alpha value is -3.13. The third kappa shape index (κ3) is 6.42. The zero-order valence-corrected chi connectivity index (χ0v) is 19.0. The van der Waals surface area contributed by atoms with Crippen molar-refractivity contribution in [2.45, 2.75) is 44.9 Å². The molecule has 3 aromatic rings. The van der Waals surface area contributed by atoms with Gasteiger partial charge in [0.1, 0.15) is 0 Å². The third-order valence-corrected chi connectivity index (χ3v) is 5.18. The number of nitrogens with zero attached hydrogens (tertiary/aromatic N) is 3. The maximum absolute atomic E-state index is 12.5. The van der Waals surface area contributed by atoms with Crippen LogP contribution in [0.2, 0.25) is 0 Å². The maximum Gasteiger partial charge on any atom is 0.251 e. The molecule has 0 aliphatic carbocycles. The molecule has 0 fully saturated rings. The van der Waals surface area contributed by atoms with Crippen molar-refractivity contribution < 1.29 is 9.59 Å². The van der Waals surface area contributed by atoms with Crippen LogP contribution in [-0.2, 0) is 11.3 Å². The largest absolute Gasteiger partial charge is 0.351 e. The summed E-state index contributed by atoms with van der Waals surface area (Å²) >= 11 is 1.31. The Bertz CT molecular complexity index is 1060. The normalized spacial score (nSPS) is 11.2. The number of thioether (sulfide) groups is 1. The second-order valence-corrected chi connectivity index (χ2v) is 9.15. The number of hydrogen-bond donors (Lipinski definition) is 2. The predicted molar refractivity (Wildman–Crippen MR) is 122 cm³/mol. The summed E-state index contributed by atoms with van der Waals surface area (Å²) in [6, 6.07) is 17.1. The first-order chi connectivity index (χ1) is 14.7. The van der Waals surface area contributed by atoms with Crippen molar-refractivity contribution in [2.24, 2.45) is 0 Å². The zero-order chi connectivity index (χ0) is 22.4. The van der Waals surface area contributed by atoms with Gasteiger partial charge in [-0.25, -0.2) is 0 Å². The molecule has 2 N–H and O–H groups in total. The van der Waals surface area contributed by atoms with Crippen molar-refractivity contribution in [1.82, 2.24) is 25.4 Å². The van der Waals surface area contributed by atoms with Gasteiger partial charge in [0.15, 0.2) is 11.0 Å². The second kappa shape index (κ2) is 9.78. The molecular formula is C23H27N5O2S. The van der Waals surface area contributed by atoms with Gasteiger partial charge in [0.2, 0.25) is 5.91 Å². The van der Waals surface area contributed by atoms with Gasteiger partial charge in [0.25, 0.3) is 5.91 Å². The number of benzene rings is 2. The summed E-state index contributed by atoms with van der Waals surface area (Å²) < 4.78 is 1.87. The van der Waals surface area contributed by atoms with E-state index in [0.717, 1.165) is 11.3 Å². The van der Waals surface area contributed by atoms with Crippen LogP contribution < -0.4 is 10.6 Å². The standard InChI is InChI=1S/C23H27N5O2S/c1-16-9-8-10-17(13-16)21(30)24-14-19-26-27-22(28(19)18-11-6-5-7-12-18)31-15-20(29)25-23(2,3)4/h5-13H,14-15H2,1-4H3,(H,24,30)(H,25,29). The number of para-hydroxylation sites is 1. The average Bonchev–Trinajstić information content (AvgIpc) is 3.12. The van der Waals surface area contributed by atoms with E-state index in [9.17, 15) is 9.59 Å². The predicted octanol–water partition coefficient (Wildman–Crippen LogP) is 3.51. The highest BCUT2D eigenvalue weighted by atomic mass is 32.2. The molecule has 0 radical (unpaired) electrons. The molecule has 0 saturated heterocycles. The van der Waals surface area contributed by atoms with E-state index in [2.05, 4.69) is 20.8 Å². The summed E-state index contributed by atoms with van der Waals surface area (Å²) in [7, 11) is 0. The molecule has 3 rings (SSSR count). The van der Waals surface area contributed by atoms with Gasteiger partial charge in [0, 0.05) is 16.8 Å². The number of hydrogen-bond acceptors (Lipinski definition) is 5.